The van der Waals surface area contributed by atoms with Gasteiger partial charge in [-0.3, -0.25) is 14.7 Å². The summed E-state index contributed by atoms with van der Waals surface area (Å²) < 4.78 is 13.4. The number of nitrogens with one attached hydrogen (secondary N) is 1. The van der Waals surface area contributed by atoms with Gasteiger partial charge >= 0.3 is 0 Å². The van der Waals surface area contributed by atoms with Crippen LogP contribution in [0.1, 0.15) is 70.5 Å². The molecule has 0 bridgehead atoms. The van der Waals surface area contributed by atoms with Crippen molar-refractivity contribution in [1.82, 2.24) is 15.2 Å². The number of likely N-dealkylation sites (N-methyl/N-ethyl adjacent to an activating group) is 1. The van der Waals surface area contributed by atoms with Gasteiger partial charge in [-0.15, -0.1) is 0 Å². The number of aliphatic hydroxyl groups excluding tert-OH is 1. The first-order chi connectivity index (χ1) is 22.4. The normalized spacial score (nSPS) is 20.5. The van der Waals surface area contributed by atoms with Crippen molar-refractivity contribution in [2.45, 2.75) is 51.5 Å². The predicted molar refractivity (Wildman–Crippen MR) is 180 cm³/mol. The highest BCUT2D eigenvalue weighted by Crippen LogP contribution is 2.42. The van der Waals surface area contributed by atoms with Gasteiger partial charge in [0.05, 0.1) is 24.4 Å². The predicted octanol–water partition coefficient (Wildman–Crippen LogP) is 7.14. The molecule has 0 saturated carbocycles. The van der Waals surface area contributed by atoms with Crippen LogP contribution in [-0.4, -0.2) is 40.6 Å². The van der Waals surface area contributed by atoms with Crippen molar-refractivity contribution in [3.8, 4) is 0 Å². The van der Waals surface area contributed by atoms with E-state index in [9.17, 15) is 9.90 Å². The van der Waals surface area contributed by atoms with Gasteiger partial charge in [-0.1, -0.05) is 91.9 Å². The van der Waals surface area contributed by atoms with Crippen LogP contribution < -0.4 is 5.32 Å². The molecule has 0 radical (unpaired) electrons. The van der Waals surface area contributed by atoms with Crippen LogP contribution in [0.25, 0.3) is 10.8 Å². The lowest BCUT2D eigenvalue weighted by Crippen LogP contribution is -2.44. The minimum Gasteiger partial charge on any atom is -0.392 e. The minimum absolute atomic E-state index is 0.00220. The highest BCUT2D eigenvalue weighted by molar-refractivity contribution is 5.93. The molecule has 1 aromatic heterocycles. The average molecular weight is 616 g/mol. The van der Waals surface area contributed by atoms with E-state index in [1.807, 2.05) is 48.5 Å². The molecule has 1 aliphatic rings. The topological polar surface area (TPSA) is 83.9 Å². The van der Waals surface area contributed by atoms with E-state index in [0.29, 0.717) is 12.1 Å². The molecule has 46 heavy (non-hydrogen) atoms. The molecule has 2 heterocycles. The lowest BCUT2D eigenvalue weighted by molar-refractivity contribution is -0.276. The van der Waals surface area contributed by atoms with E-state index in [2.05, 4.69) is 78.6 Å². The number of aromatic nitrogens is 1. The molecule has 1 amide bonds. The van der Waals surface area contributed by atoms with Gasteiger partial charge in [0.1, 0.15) is 0 Å². The molecule has 6 rings (SSSR count). The van der Waals surface area contributed by atoms with Crippen molar-refractivity contribution in [2.75, 3.05) is 13.6 Å². The van der Waals surface area contributed by atoms with Crippen molar-refractivity contribution in [3.05, 3.63) is 149 Å². The SMILES string of the molecule is CC1C(CN(C)C(C)c2ccc3ccccc3c2)OC(c2ccc(CNC(=O)c3cccnc3)cc2)OC1c1ccc(CO)cc1. The van der Waals surface area contributed by atoms with Gasteiger partial charge in [-0.2, -0.15) is 0 Å². The fourth-order valence-corrected chi connectivity index (χ4v) is 6.07. The van der Waals surface area contributed by atoms with Crippen molar-refractivity contribution in [3.63, 3.8) is 0 Å². The Kier molecular flexibility index (Phi) is 9.85. The summed E-state index contributed by atoms with van der Waals surface area (Å²) in [6.45, 7) is 5.55. The molecule has 5 aromatic rings. The Morgan fingerprint density at radius 1 is 0.891 bits per heavy atom. The second kappa shape index (κ2) is 14.4. The van der Waals surface area contributed by atoms with Crippen molar-refractivity contribution >= 4 is 16.7 Å². The Hall–Kier alpha value is -4.40. The van der Waals surface area contributed by atoms with Crippen LogP contribution in [0.2, 0.25) is 0 Å². The molecule has 4 aromatic carbocycles. The van der Waals surface area contributed by atoms with Crippen LogP contribution in [0, 0.1) is 5.92 Å². The molecule has 0 spiro atoms. The molecule has 5 unspecified atom stereocenters. The smallest absolute Gasteiger partial charge is 0.253 e. The van der Waals surface area contributed by atoms with Gasteiger partial charge in [0, 0.05) is 43.0 Å². The zero-order valence-electron chi connectivity index (χ0n) is 26.5. The van der Waals surface area contributed by atoms with E-state index in [0.717, 1.165) is 28.8 Å². The number of ether oxygens (including phenoxy) is 2. The number of benzene rings is 4. The van der Waals surface area contributed by atoms with Gasteiger partial charge in [0.25, 0.3) is 5.91 Å². The number of carbonyl (C=O) groups is 1. The number of fused-ring (bicyclic) bond motifs is 1. The van der Waals surface area contributed by atoms with E-state index >= 15 is 0 Å². The van der Waals surface area contributed by atoms with Gasteiger partial charge < -0.3 is 19.9 Å². The summed E-state index contributed by atoms with van der Waals surface area (Å²) in [6, 6.07) is 34.8. The molecule has 236 valence electrons. The first-order valence-corrected chi connectivity index (χ1v) is 15.9. The number of hydrogen-bond donors (Lipinski definition) is 2. The van der Waals surface area contributed by atoms with Crippen molar-refractivity contribution in [2.24, 2.45) is 5.92 Å². The fraction of sp³-hybridized carbons (Fsp3) is 0.282. The largest absolute Gasteiger partial charge is 0.392 e. The molecular weight excluding hydrogens is 574 g/mol. The minimum atomic E-state index is -0.563. The molecular formula is C39H41N3O4. The van der Waals surface area contributed by atoms with Crippen LogP contribution in [0.15, 0.2) is 116 Å². The van der Waals surface area contributed by atoms with E-state index in [-0.39, 0.29) is 36.7 Å². The lowest BCUT2D eigenvalue weighted by Gasteiger charge is -2.43. The lowest BCUT2D eigenvalue weighted by atomic mass is 9.89. The zero-order chi connectivity index (χ0) is 32.0. The number of hydrogen-bond acceptors (Lipinski definition) is 6. The summed E-state index contributed by atoms with van der Waals surface area (Å²) >= 11 is 0. The number of amides is 1. The standard InChI is InChI=1S/C39H41N3O4/c1-26-36(24-42(3)27(2)33-19-18-30-7-4-5-8-34(30)21-33)45-39(46-37(26)31-14-12-29(25-43)13-15-31)32-16-10-28(11-17-32)22-41-38(44)35-9-6-20-40-23-35/h4-21,23,26-27,36-37,39,43H,22,24-25H2,1-3H3,(H,41,44). The van der Waals surface area contributed by atoms with Gasteiger partial charge in [-0.05, 0) is 65.2 Å². The highest BCUT2D eigenvalue weighted by atomic mass is 16.7. The van der Waals surface area contributed by atoms with Crippen LogP contribution >= 0.6 is 0 Å². The zero-order valence-corrected chi connectivity index (χ0v) is 26.5. The maximum Gasteiger partial charge on any atom is 0.253 e. The maximum atomic E-state index is 12.5. The van der Waals surface area contributed by atoms with Crippen LogP contribution in [0.4, 0.5) is 0 Å². The Bertz CT molecular complexity index is 1740. The Labute approximate surface area is 270 Å². The van der Waals surface area contributed by atoms with Gasteiger partial charge in [0.2, 0.25) is 0 Å². The van der Waals surface area contributed by atoms with Crippen LogP contribution in [0.3, 0.4) is 0 Å². The Balaban J connectivity index is 1.19. The summed E-state index contributed by atoms with van der Waals surface area (Å²) in [5.74, 6) is -0.0884. The summed E-state index contributed by atoms with van der Waals surface area (Å²) in [6.07, 6.45) is 2.34. The number of pyridine rings is 1. The average Bonchev–Trinajstić information content (AvgIpc) is 3.11. The van der Waals surface area contributed by atoms with Crippen molar-refractivity contribution in [1.29, 1.82) is 0 Å². The third-order valence-corrected chi connectivity index (χ3v) is 9.14. The molecule has 1 saturated heterocycles. The molecule has 7 heteroatoms. The second-order valence-electron chi connectivity index (χ2n) is 12.2. The monoisotopic (exact) mass is 615 g/mol. The molecule has 5 atom stereocenters. The van der Waals surface area contributed by atoms with Crippen molar-refractivity contribution < 1.29 is 19.4 Å². The quantitative estimate of drug-likeness (QED) is 0.174. The number of rotatable bonds is 10. The fourth-order valence-electron chi connectivity index (χ4n) is 6.07. The summed E-state index contributed by atoms with van der Waals surface area (Å²) in [4.78, 5) is 18.9. The maximum absolute atomic E-state index is 12.5. The first-order valence-electron chi connectivity index (χ1n) is 15.9. The Morgan fingerprint density at radius 3 is 2.33 bits per heavy atom. The number of nitrogens with zero attached hydrogens (tertiary/aromatic N) is 2. The van der Waals surface area contributed by atoms with E-state index < -0.39 is 6.29 Å². The number of carbonyl (C=O) groups excluding carboxylic acids is 1. The van der Waals surface area contributed by atoms with E-state index in [4.69, 9.17) is 9.47 Å². The molecule has 1 aliphatic heterocycles. The summed E-state index contributed by atoms with van der Waals surface area (Å²) in [5.41, 5.74) is 5.61. The summed E-state index contributed by atoms with van der Waals surface area (Å²) in [7, 11) is 2.15. The van der Waals surface area contributed by atoms with E-state index in [1.54, 1.807) is 24.5 Å². The Morgan fingerprint density at radius 2 is 1.61 bits per heavy atom. The van der Waals surface area contributed by atoms with Crippen LogP contribution in [-0.2, 0) is 22.6 Å². The van der Waals surface area contributed by atoms with Gasteiger partial charge in [-0.25, -0.2) is 0 Å². The van der Waals surface area contributed by atoms with E-state index in [1.165, 1.54) is 16.3 Å². The van der Waals surface area contributed by atoms with Crippen LogP contribution in [0.5, 0.6) is 0 Å². The molecule has 1 fully saturated rings. The molecule has 2 N–H and O–H groups in total. The molecule has 7 nitrogen and oxygen atoms in total. The highest BCUT2D eigenvalue weighted by Gasteiger charge is 2.39. The third kappa shape index (κ3) is 7.19. The molecule has 0 aliphatic carbocycles. The first kappa shape index (κ1) is 31.6. The number of aliphatic hydroxyl groups is 1. The third-order valence-electron chi connectivity index (χ3n) is 9.14. The second-order valence-corrected chi connectivity index (χ2v) is 12.2. The van der Waals surface area contributed by atoms with Gasteiger partial charge in [0.15, 0.2) is 6.29 Å². The summed E-state index contributed by atoms with van der Waals surface area (Å²) in [5, 5.41) is 15.0.